The summed E-state index contributed by atoms with van der Waals surface area (Å²) in [7, 11) is 0. The van der Waals surface area contributed by atoms with Crippen molar-refractivity contribution < 1.29 is 4.79 Å². The standard InChI is InChI=1S/C14H10BrClN4O/c1-8-13(20-7-9(15)2-5-12(20)18-8)14(21)19-11-4-3-10(16)6-17-11/h2-7H,1H3,(H,17,19,21). The van der Waals surface area contributed by atoms with Crippen LogP contribution in [0.3, 0.4) is 0 Å². The molecule has 0 aliphatic rings. The van der Waals surface area contributed by atoms with Gasteiger partial charge in [-0.15, -0.1) is 0 Å². The first kappa shape index (κ1) is 14.0. The lowest BCUT2D eigenvalue weighted by Crippen LogP contribution is -2.16. The molecule has 1 N–H and O–H groups in total. The molecule has 3 aromatic rings. The van der Waals surface area contributed by atoms with Crippen LogP contribution in [0, 0.1) is 6.92 Å². The SMILES string of the molecule is Cc1nc2ccc(Br)cn2c1C(=O)Nc1ccc(Cl)cn1. The Morgan fingerprint density at radius 3 is 2.86 bits per heavy atom. The van der Waals surface area contributed by atoms with E-state index in [0.717, 1.165) is 4.47 Å². The van der Waals surface area contributed by atoms with Gasteiger partial charge in [-0.2, -0.15) is 0 Å². The predicted molar refractivity (Wildman–Crippen MR) is 84.8 cm³/mol. The molecule has 0 fully saturated rings. The van der Waals surface area contributed by atoms with E-state index in [2.05, 4.69) is 31.2 Å². The monoisotopic (exact) mass is 364 g/mol. The first-order valence-electron chi connectivity index (χ1n) is 6.12. The van der Waals surface area contributed by atoms with Crippen LogP contribution < -0.4 is 5.32 Å². The molecule has 21 heavy (non-hydrogen) atoms. The first-order valence-corrected chi connectivity index (χ1v) is 7.29. The average Bonchev–Trinajstić information content (AvgIpc) is 2.76. The summed E-state index contributed by atoms with van der Waals surface area (Å²) in [6.45, 7) is 1.80. The number of carbonyl (C=O) groups excluding carboxylic acids is 1. The van der Waals surface area contributed by atoms with Gasteiger partial charge < -0.3 is 5.32 Å². The maximum absolute atomic E-state index is 12.4. The maximum Gasteiger partial charge on any atom is 0.275 e. The van der Waals surface area contributed by atoms with Crippen LogP contribution >= 0.6 is 27.5 Å². The number of hydrogen-bond donors (Lipinski definition) is 1. The summed E-state index contributed by atoms with van der Waals surface area (Å²) in [5.74, 6) is 0.168. The molecular weight excluding hydrogens is 356 g/mol. The van der Waals surface area contributed by atoms with Crippen molar-refractivity contribution >= 4 is 44.9 Å². The van der Waals surface area contributed by atoms with Gasteiger partial charge in [0.15, 0.2) is 0 Å². The Kier molecular flexibility index (Phi) is 3.65. The van der Waals surface area contributed by atoms with Gasteiger partial charge in [-0.3, -0.25) is 9.20 Å². The zero-order valence-electron chi connectivity index (χ0n) is 11.0. The number of pyridine rings is 2. The summed E-state index contributed by atoms with van der Waals surface area (Å²) < 4.78 is 2.61. The average molecular weight is 366 g/mol. The van der Waals surface area contributed by atoms with Gasteiger partial charge >= 0.3 is 0 Å². The summed E-state index contributed by atoms with van der Waals surface area (Å²) in [4.78, 5) is 20.9. The maximum atomic E-state index is 12.4. The second-order valence-electron chi connectivity index (χ2n) is 4.44. The van der Waals surface area contributed by atoms with E-state index in [4.69, 9.17) is 11.6 Å². The molecule has 0 atom stereocenters. The summed E-state index contributed by atoms with van der Waals surface area (Å²) in [6.07, 6.45) is 3.29. The number of amides is 1. The third kappa shape index (κ3) is 2.77. The van der Waals surface area contributed by atoms with E-state index in [0.29, 0.717) is 27.9 Å². The van der Waals surface area contributed by atoms with E-state index in [1.165, 1.54) is 6.20 Å². The normalized spacial score (nSPS) is 10.8. The van der Waals surface area contributed by atoms with Crippen LogP contribution in [0.2, 0.25) is 5.02 Å². The van der Waals surface area contributed by atoms with Crippen molar-refractivity contribution in [2.45, 2.75) is 6.92 Å². The molecule has 0 saturated heterocycles. The fraction of sp³-hybridized carbons (Fsp3) is 0.0714. The van der Waals surface area contributed by atoms with Gasteiger partial charge in [0.25, 0.3) is 5.91 Å². The Hall–Kier alpha value is -1.92. The van der Waals surface area contributed by atoms with Crippen molar-refractivity contribution in [2.24, 2.45) is 0 Å². The van der Waals surface area contributed by atoms with E-state index in [-0.39, 0.29) is 5.91 Å². The Bertz CT molecular complexity index is 829. The molecule has 0 bridgehead atoms. The van der Waals surface area contributed by atoms with Gasteiger partial charge in [-0.1, -0.05) is 11.6 Å². The molecule has 0 aromatic carbocycles. The van der Waals surface area contributed by atoms with E-state index in [1.54, 1.807) is 29.7 Å². The molecule has 5 nitrogen and oxygen atoms in total. The van der Waals surface area contributed by atoms with Crippen molar-refractivity contribution in [3.05, 3.63) is 57.5 Å². The number of aromatic nitrogens is 3. The number of aryl methyl sites for hydroxylation is 1. The summed E-state index contributed by atoms with van der Waals surface area (Å²) in [5.41, 5.74) is 1.84. The number of anilines is 1. The van der Waals surface area contributed by atoms with Gasteiger partial charge in [-0.05, 0) is 47.1 Å². The number of imidazole rings is 1. The Labute approximate surface area is 134 Å². The molecule has 0 aliphatic heterocycles. The van der Waals surface area contributed by atoms with Crippen LogP contribution in [-0.4, -0.2) is 20.3 Å². The van der Waals surface area contributed by atoms with Crippen LogP contribution in [-0.2, 0) is 0 Å². The lowest BCUT2D eigenvalue weighted by molar-refractivity contribution is 0.102. The lowest BCUT2D eigenvalue weighted by atomic mass is 10.3. The molecule has 3 rings (SSSR count). The van der Waals surface area contributed by atoms with E-state index in [9.17, 15) is 4.79 Å². The van der Waals surface area contributed by atoms with Crippen LogP contribution in [0.5, 0.6) is 0 Å². The highest BCUT2D eigenvalue weighted by Gasteiger charge is 2.17. The molecule has 0 saturated carbocycles. The van der Waals surface area contributed by atoms with Crippen LogP contribution in [0.1, 0.15) is 16.2 Å². The minimum Gasteiger partial charge on any atom is -0.305 e. The number of nitrogens with zero attached hydrogens (tertiary/aromatic N) is 3. The lowest BCUT2D eigenvalue weighted by Gasteiger charge is -2.05. The highest BCUT2D eigenvalue weighted by atomic mass is 79.9. The summed E-state index contributed by atoms with van der Waals surface area (Å²) in [5, 5.41) is 3.26. The topological polar surface area (TPSA) is 59.3 Å². The third-order valence-electron chi connectivity index (χ3n) is 2.94. The number of hydrogen-bond acceptors (Lipinski definition) is 3. The molecule has 0 unspecified atom stereocenters. The van der Waals surface area contributed by atoms with E-state index < -0.39 is 0 Å². The zero-order valence-corrected chi connectivity index (χ0v) is 13.3. The quantitative estimate of drug-likeness (QED) is 0.753. The van der Waals surface area contributed by atoms with E-state index in [1.807, 2.05) is 12.1 Å². The Balaban J connectivity index is 1.99. The Morgan fingerprint density at radius 1 is 1.33 bits per heavy atom. The molecule has 0 spiro atoms. The van der Waals surface area contributed by atoms with Crippen LogP contribution in [0.25, 0.3) is 5.65 Å². The molecule has 0 radical (unpaired) electrons. The number of fused-ring (bicyclic) bond motifs is 1. The van der Waals surface area contributed by atoms with Gasteiger partial charge in [-0.25, -0.2) is 9.97 Å². The molecule has 3 heterocycles. The molecule has 1 amide bonds. The van der Waals surface area contributed by atoms with Crippen molar-refractivity contribution in [1.82, 2.24) is 14.4 Å². The summed E-state index contributed by atoms with van der Waals surface area (Å²) in [6, 6.07) is 7.04. The van der Waals surface area contributed by atoms with Gasteiger partial charge in [0.2, 0.25) is 0 Å². The van der Waals surface area contributed by atoms with Crippen LogP contribution in [0.4, 0.5) is 5.82 Å². The van der Waals surface area contributed by atoms with E-state index >= 15 is 0 Å². The highest BCUT2D eigenvalue weighted by molar-refractivity contribution is 9.10. The molecule has 7 heteroatoms. The fourth-order valence-corrected chi connectivity index (χ4v) is 2.48. The van der Waals surface area contributed by atoms with Gasteiger partial charge in [0.1, 0.15) is 17.2 Å². The van der Waals surface area contributed by atoms with Crippen molar-refractivity contribution in [3.63, 3.8) is 0 Å². The predicted octanol–water partition coefficient (Wildman–Crippen LogP) is 3.71. The number of halogens is 2. The van der Waals surface area contributed by atoms with Crippen molar-refractivity contribution in [1.29, 1.82) is 0 Å². The largest absolute Gasteiger partial charge is 0.305 e. The second-order valence-corrected chi connectivity index (χ2v) is 5.79. The second kappa shape index (κ2) is 5.46. The molecule has 0 aliphatic carbocycles. The first-order chi connectivity index (χ1) is 10.0. The minimum absolute atomic E-state index is 0.270. The molecular formula is C14H10BrClN4O. The van der Waals surface area contributed by atoms with Gasteiger partial charge in [0, 0.05) is 16.9 Å². The van der Waals surface area contributed by atoms with Crippen LogP contribution in [0.15, 0.2) is 41.1 Å². The minimum atomic E-state index is -0.270. The molecule has 106 valence electrons. The van der Waals surface area contributed by atoms with Crippen molar-refractivity contribution in [2.75, 3.05) is 5.32 Å². The highest BCUT2D eigenvalue weighted by Crippen LogP contribution is 2.18. The smallest absolute Gasteiger partial charge is 0.275 e. The number of rotatable bonds is 2. The number of nitrogens with one attached hydrogen (secondary N) is 1. The fourth-order valence-electron chi connectivity index (χ4n) is 2.04. The zero-order chi connectivity index (χ0) is 15.0. The number of carbonyl (C=O) groups is 1. The van der Waals surface area contributed by atoms with Crippen molar-refractivity contribution in [3.8, 4) is 0 Å². The summed E-state index contributed by atoms with van der Waals surface area (Å²) >= 11 is 9.17. The molecule has 3 aromatic heterocycles. The third-order valence-corrected chi connectivity index (χ3v) is 3.63. The Morgan fingerprint density at radius 2 is 2.14 bits per heavy atom. The van der Waals surface area contributed by atoms with Gasteiger partial charge in [0.05, 0.1) is 10.7 Å².